The molecule has 0 bridgehead atoms. The molecule has 8 nitrogen and oxygen atoms in total. The lowest BCUT2D eigenvalue weighted by atomic mass is 10.1. The van der Waals surface area contributed by atoms with Gasteiger partial charge >= 0.3 is 11.9 Å². The van der Waals surface area contributed by atoms with Gasteiger partial charge in [0.1, 0.15) is 33.8 Å². The molecule has 0 amide bonds. The van der Waals surface area contributed by atoms with Gasteiger partial charge in [0, 0.05) is 10.9 Å². The Hall–Kier alpha value is -2.89. The Labute approximate surface area is 165 Å². The number of hydrogen-bond acceptors (Lipinski definition) is 8. The van der Waals surface area contributed by atoms with Crippen LogP contribution in [-0.4, -0.2) is 43.8 Å². The van der Waals surface area contributed by atoms with Crippen LogP contribution < -0.4 is 0 Å². The van der Waals surface area contributed by atoms with Crippen molar-refractivity contribution < 1.29 is 34.0 Å². The third kappa shape index (κ3) is 4.16. The van der Waals surface area contributed by atoms with Crippen molar-refractivity contribution in [1.29, 1.82) is 0 Å². The second-order valence-corrected chi connectivity index (χ2v) is 7.54. The lowest BCUT2D eigenvalue weighted by molar-refractivity contribution is -0.142. The molecule has 11 heteroatoms. The summed E-state index contributed by atoms with van der Waals surface area (Å²) in [4.78, 5) is 30.9. The van der Waals surface area contributed by atoms with Gasteiger partial charge in [0.05, 0.1) is 22.9 Å². The lowest BCUT2D eigenvalue weighted by Gasteiger charge is -2.04. The van der Waals surface area contributed by atoms with Crippen LogP contribution in [-0.2, 0) is 16.1 Å². The summed E-state index contributed by atoms with van der Waals surface area (Å²) < 4.78 is 19.3. The maximum absolute atomic E-state index is 14.3. The number of ether oxygens (including phenoxy) is 1. The highest BCUT2D eigenvalue weighted by molar-refractivity contribution is 7.16. The molecule has 3 rings (SSSR count). The smallest absolute Gasteiger partial charge is 0.339 e. The first-order chi connectivity index (χ1) is 13.3. The first kappa shape index (κ1) is 19.9. The van der Waals surface area contributed by atoms with Crippen molar-refractivity contribution in [3.63, 3.8) is 0 Å². The van der Waals surface area contributed by atoms with E-state index < -0.39 is 35.7 Å². The van der Waals surface area contributed by atoms with E-state index in [4.69, 9.17) is 14.9 Å². The molecule has 0 aliphatic carbocycles. The van der Waals surface area contributed by atoms with Crippen LogP contribution in [0.3, 0.4) is 0 Å². The second kappa shape index (κ2) is 8.00. The molecule has 0 radical (unpaired) electrons. The predicted octanol–water partition coefficient (Wildman–Crippen LogP) is 3.39. The van der Waals surface area contributed by atoms with E-state index in [9.17, 15) is 19.1 Å². The van der Waals surface area contributed by atoms with Crippen molar-refractivity contribution in [3.05, 3.63) is 39.6 Å². The molecule has 146 valence electrons. The number of benzene rings is 1. The van der Waals surface area contributed by atoms with Gasteiger partial charge in [-0.1, -0.05) is 0 Å². The molecule has 3 aromatic rings. The third-order valence-corrected chi connectivity index (χ3v) is 5.60. The van der Waals surface area contributed by atoms with Gasteiger partial charge in [-0.15, -0.1) is 22.7 Å². The lowest BCUT2D eigenvalue weighted by Crippen LogP contribution is -2.06. The van der Waals surface area contributed by atoms with Gasteiger partial charge in [-0.3, -0.25) is 0 Å². The molecular formula is C17H13FN2O6S2. The molecule has 0 fully saturated rings. The summed E-state index contributed by atoms with van der Waals surface area (Å²) in [7, 11) is 0. The molecule has 0 aliphatic rings. The van der Waals surface area contributed by atoms with Crippen molar-refractivity contribution in [1.82, 2.24) is 9.97 Å². The van der Waals surface area contributed by atoms with E-state index >= 15 is 0 Å². The molecule has 2 heterocycles. The normalized spacial score (nSPS) is 10.9. The van der Waals surface area contributed by atoms with Crippen molar-refractivity contribution in [2.75, 3.05) is 6.61 Å². The van der Waals surface area contributed by atoms with Crippen molar-refractivity contribution in [2.24, 2.45) is 0 Å². The second-order valence-electron chi connectivity index (χ2n) is 5.60. The van der Waals surface area contributed by atoms with E-state index in [1.165, 1.54) is 11.3 Å². The summed E-state index contributed by atoms with van der Waals surface area (Å²) in [6.45, 7) is 1.39. The van der Waals surface area contributed by atoms with Crippen molar-refractivity contribution in [2.45, 2.75) is 13.5 Å². The number of aromatic carboxylic acids is 1. The van der Waals surface area contributed by atoms with Crippen LogP contribution in [0, 0.1) is 12.7 Å². The molecule has 1 aromatic carbocycles. The minimum absolute atomic E-state index is 0.00840. The first-order valence-electron chi connectivity index (χ1n) is 7.74. The Morgan fingerprint density at radius 1 is 1.25 bits per heavy atom. The highest BCUT2D eigenvalue weighted by Gasteiger charge is 2.19. The van der Waals surface area contributed by atoms with Gasteiger partial charge in [-0.25, -0.2) is 23.9 Å². The number of hydrogen-bond donors (Lipinski definition) is 3. The molecule has 0 spiro atoms. The van der Waals surface area contributed by atoms with Crippen LogP contribution in [0.15, 0.2) is 17.5 Å². The number of thiazole rings is 2. The number of rotatable bonds is 7. The average Bonchev–Trinajstić information content (AvgIpc) is 3.22. The molecule has 0 aliphatic heterocycles. The van der Waals surface area contributed by atoms with Crippen molar-refractivity contribution >= 4 is 34.6 Å². The molecule has 0 saturated heterocycles. The summed E-state index contributed by atoms with van der Waals surface area (Å²) >= 11 is 2.42. The first-order valence-corrected chi connectivity index (χ1v) is 9.43. The van der Waals surface area contributed by atoms with Gasteiger partial charge in [0.2, 0.25) is 0 Å². The van der Waals surface area contributed by atoms with Gasteiger partial charge in [0.25, 0.3) is 0 Å². The Morgan fingerprint density at radius 3 is 2.68 bits per heavy atom. The molecule has 2 aromatic heterocycles. The zero-order valence-electron chi connectivity index (χ0n) is 14.3. The number of nitrogens with zero attached hydrogens (tertiary/aromatic N) is 2. The number of aromatic nitrogens is 2. The molecule has 0 unspecified atom stereocenters. The minimum Gasteiger partial charge on any atom is -0.507 e. The predicted molar refractivity (Wildman–Crippen MR) is 99.3 cm³/mol. The Morgan fingerprint density at radius 2 is 2.00 bits per heavy atom. The van der Waals surface area contributed by atoms with Crippen LogP contribution in [0.25, 0.3) is 21.1 Å². The standard InChI is InChI=1S/C17H13FN2O6S2/c1-7-15(28-13(19-7)4-26-5-14(22)23)11-6-27-16(20-11)8-3-12(21)9(17(24)25)2-10(8)18/h2-3,6,21H,4-5H2,1H3,(H,22,23)(H,24,25). The number of phenols is 1. The number of halogens is 1. The Kier molecular flexibility index (Phi) is 5.68. The molecule has 0 atom stereocenters. The summed E-state index contributed by atoms with van der Waals surface area (Å²) in [5.41, 5.74) is 0.675. The fourth-order valence-electron chi connectivity index (χ4n) is 2.38. The maximum Gasteiger partial charge on any atom is 0.339 e. The quantitative estimate of drug-likeness (QED) is 0.526. The van der Waals surface area contributed by atoms with E-state index in [1.54, 1.807) is 12.3 Å². The van der Waals surface area contributed by atoms with Crippen LogP contribution in [0.4, 0.5) is 4.39 Å². The number of carboxylic acids is 2. The van der Waals surface area contributed by atoms with E-state index in [0.717, 1.165) is 28.3 Å². The number of aryl methyl sites for hydroxylation is 1. The number of carbonyl (C=O) groups is 2. The molecule has 0 saturated carbocycles. The van der Waals surface area contributed by atoms with Crippen LogP contribution in [0.2, 0.25) is 0 Å². The van der Waals surface area contributed by atoms with Crippen LogP contribution in [0.1, 0.15) is 21.1 Å². The Bertz CT molecular complexity index is 1060. The maximum atomic E-state index is 14.3. The zero-order chi connectivity index (χ0) is 20.4. The monoisotopic (exact) mass is 424 g/mol. The highest BCUT2D eigenvalue weighted by Crippen LogP contribution is 2.36. The number of carboxylic acid groups (broad SMARTS) is 2. The fourth-order valence-corrected chi connectivity index (χ4v) is 4.24. The minimum atomic E-state index is -1.43. The molecule has 28 heavy (non-hydrogen) atoms. The van der Waals surface area contributed by atoms with Gasteiger partial charge in [-0.2, -0.15) is 0 Å². The third-order valence-electron chi connectivity index (χ3n) is 3.57. The summed E-state index contributed by atoms with van der Waals surface area (Å²) in [5.74, 6) is -3.86. The Balaban J connectivity index is 1.87. The van der Waals surface area contributed by atoms with E-state index in [-0.39, 0.29) is 17.2 Å². The van der Waals surface area contributed by atoms with Crippen LogP contribution in [0.5, 0.6) is 5.75 Å². The largest absolute Gasteiger partial charge is 0.507 e. The SMILES string of the molecule is Cc1nc(COCC(=O)O)sc1-c1csc(-c2cc(O)c(C(=O)O)cc2F)n1. The summed E-state index contributed by atoms with van der Waals surface area (Å²) in [6, 6.07) is 1.79. The van der Waals surface area contributed by atoms with Gasteiger partial charge < -0.3 is 20.1 Å². The van der Waals surface area contributed by atoms with Gasteiger partial charge in [0.15, 0.2) is 0 Å². The van der Waals surface area contributed by atoms with Crippen LogP contribution >= 0.6 is 22.7 Å². The zero-order valence-corrected chi connectivity index (χ0v) is 15.9. The summed E-state index contributed by atoms with van der Waals surface area (Å²) in [6.07, 6.45) is 0. The highest BCUT2D eigenvalue weighted by atomic mass is 32.1. The average molecular weight is 424 g/mol. The van der Waals surface area contributed by atoms with Gasteiger partial charge in [-0.05, 0) is 19.1 Å². The fraction of sp³-hybridized carbons (Fsp3) is 0.176. The summed E-state index contributed by atoms with van der Waals surface area (Å²) in [5, 5.41) is 29.9. The topological polar surface area (TPSA) is 130 Å². The van der Waals surface area contributed by atoms with Crippen molar-refractivity contribution in [3.8, 4) is 26.9 Å². The number of aromatic hydroxyl groups is 1. The van der Waals surface area contributed by atoms with E-state index in [2.05, 4.69) is 9.97 Å². The number of aliphatic carboxylic acids is 1. The molecule has 3 N–H and O–H groups in total. The van der Waals surface area contributed by atoms with E-state index in [0.29, 0.717) is 16.4 Å². The molecular weight excluding hydrogens is 411 g/mol. The van der Waals surface area contributed by atoms with E-state index in [1.807, 2.05) is 0 Å².